The molecule has 2 aromatic rings. The molecule has 0 aliphatic carbocycles. The Morgan fingerprint density at radius 1 is 1.50 bits per heavy atom. The molecule has 0 unspecified atom stereocenters. The molecule has 0 fully saturated rings. The minimum Gasteiger partial charge on any atom is -0.396 e. The number of carbonyl (C=O) groups is 1. The summed E-state index contributed by atoms with van der Waals surface area (Å²) in [7, 11) is 1.85. The van der Waals surface area contributed by atoms with Gasteiger partial charge in [-0.15, -0.1) is 11.3 Å². The summed E-state index contributed by atoms with van der Waals surface area (Å²) in [5, 5.41) is 14.6. The third-order valence-electron chi connectivity index (χ3n) is 3.02. The SMILES string of the molecule is Cc1nc(-c2cc(C(=O)NCCCCO)n(C)c2)cs1. The lowest BCUT2D eigenvalue weighted by Crippen LogP contribution is -2.26. The molecule has 2 rings (SSSR count). The van der Waals surface area contributed by atoms with Crippen LogP contribution >= 0.6 is 11.3 Å². The Balaban J connectivity index is 2.05. The first-order valence-corrected chi connectivity index (χ1v) is 7.47. The second-order valence-electron chi connectivity index (χ2n) is 4.66. The van der Waals surface area contributed by atoms with E-state index < -0.39 is 0 Å². The van der Waals surface area contributed by atoms with Gasteiger partial charge in [-0.3, -0.25) is 4.79 Å². The molecule has 2 heterocycles. The Labute approximate surface area is 122 Å². The number of rotatable bonds is 6. The molecule has 0 aromatic carbocycles. The summed E-state index contributed by atoms with van der Waals surface area (Å²) in [4.78, 5) is 16.5. The molecule has 0 saturated carbocycles. The van der Waals surface area contributed by atoms with Crippen LogP contribution < -0.4 is 5.32 Å². The first kappa shape index (κ1) is 14.7. The highest BCUT2D eigenvalue weighted by Gasteiger charge is 2.13. The maximum Gasteiger partial charge on any atom is 0.267 e. The minimum atomic E-state index is -0.0939. The molecule has 0 spiro atoms. The second kappa shape index (κ2) is 6.67. The number of aliphatic hydroxyl groups excluding tert-OH is 1. The van der Waals surface area contributed by atoms with Crippen molar-refractivity contribution in [3.8, 4) is 11.3 Å². The van der Waals surface area contributed by atoms with Gasteiger partial charge in [-0.2, -0.15) is 0 Å². The number of aliphatic hydroxyl groups is 1. The van der Waals surface area contributed by atoms with Crippen LogP contribution in [0.15, 0.2) is 17.6 Å². The highest BCUT2D eigenvalue weighted by Crippen LogP contribution is 2.23. The smallest absolute Gasteiger partial charge is 0.267 e. The first-order valence-electron chi connectivity index (χ1n) is 6.59. The third kappa shape index (κ3) is 3.46. The predicted molar refractivity (Wildman–Crippen MR) is 79.9 cm³/mol. The molecule has 0 saturated heterocycles. The summed E-state index contributed by atoms with van der Waals surface area (Å²) < 4.78 is 1.81. The number of amides is 1. The summed E-state index contributed by atoms with van der Waals surface area (Å²) in [6.45, 7) is 2.70. The van der Waals surface area contributed by atoms with Crippen molar-refractivity contribution >= 4 is 17.2 Å². The number of unbranched alkanes of at least 4 members (excludes halogenated alkanes) is 1. The summed E-state index contributed by atoms with van der Waals surface area (Å²) in [5.74, 6) is -0.0939. The summed E-state index contributed by atoms with van der Waals surface area (Å²) in [6.07, 6.45) is 3.40. The molecule has 5 nitrogen and oxygen atoms in total. The van der Waals surface area contributed by atoms with Gasteiger partial charge in [-0.25, -0.2) is 4.98 Å². The molecule has 0 aliphatic rings. The van der Waals surface area contributed by atoms with Crippen molar-refractivity contribution in [3.63, 3.8) is 0 Å². The Hall–Kier alpha value is -1.66. The fourth-order valence-corrected chi connectivity index (χ4v) is 2.58. The van der Waals surface area contributed by atoms with Gasteiger partial charge < -0.3 is 15.0 Å². The van der Waals surface area contributed by atoms with Gasteiger partial charge in [0.25, 0.3) is 5.91 Å². The largest absolute Gasteiger partial charge is 0.396 e. The maximum absolute atomic E-state index is 12.1. The Bertz CT molecular complexity index is 589. The zero-order valence-electron chi connectivity index (χ0n) is 11.7. The van der Waals surface area contributed by atoms with Gasteiger partial charge in [0.15, 0.2) is 0 Å². The van der Waals surface area contributed by atoms with E-state index in [0.29, 0.717) is 18.7 Å². The van der Waals surface area contributed by atoms with E-state index in [1.54, 1.807) is 11.3 Å². The summed E-state index contributed by atoms with van der Waals surface area (Å²) in [6, 6.07) is 1.86. The van der Waals surface area contributed by atoms with Gasteiger partial charge in [0, 0.05) is 37.3 Å². The van der Waals surface area contributed by atoms with Crippen LogP contribution in [-0.2, 0) is 7.05 Å². The van der Waals surface area contributed by atoms with E-state index in [9.17, 15) is 4.79 Å². The molecule has 20 heavy (non-hydrogen) atoms. The molecule has 2 N–H and O–H groups in total. The number of aromatic nitrogens is 2. The molecule has 6 heteroatoms. The lowest BCUT2D eigenvalue weighted by atomic mass is 10.2. The zero-order chi connectivity index (χ0) is 14.5. The van der Waals surface area contributed by atoms with Crippen LogP contribution in [0.25, 0.3) is 11.3 Å². The lowest BCUT2D eigenvalue weighted by Gasteiger charge is -2.04. The highest BCUT2D eigenvalue weighted by molar-refractivity contribution is 7.09. The van der Waals surface area contributed by atoms with E-state index in [2.05, 4.69) is 10.3 Å². The minimum absolute atomic E-state index is 0.0939. The van der Waals surface area contributed by atoms with Gasteiger partial charge in [-0.1, -0.05) is 0 Å². The quantitative estimate of drug-likeness (QED) is 0.800. The van der Waals surface area contributed by atoms with Gasteiger partial charge in [0.05, 0.1) is 10.7 Å². The summed E-state index contributed by atoms with van der Waals surface area (Å²) in [5.41, 5.74) is 2.48. The van der Waals surface area contributed by atoms with Gasteiger partial charge >= 0.3 is 0 Å². The molecule has 2 aromatic heterocycles. The number of nitrogens with zero attached hydrogens (tertiary/aromatic N) is 2. The molecule has 0 bridgehead atoms. The number of hydrogen-bond acceptors (Lipinski definition) is 4. The second-order valence-corrected chi connectivity index (χ2v) is 5.73. The molecular formula is C14H19N3O2S. The fourth-order valence-electron chi connectivity index (χ4n) is 1.96. The molecule has 0 aliphatic heterocycles. The van der Waals surface area contributed by atoms with Crippen molar-refractivity contribution in [1.29, 1.82) is 0 Å². The van der Waals surface area contributed by atoms with E-state index in [0.717, 1.165) is 22.7 Å². The van der Waals surface area contributed by atoms with Gasteiger partial charge in [0.2, 0.25) is 0 Å². The van der Waals surface area contributed by atoms with Crippen molar-refractivity contribution in [2.24, 2.45) is 7.05 Å². The normalized spacial score (nSPS) is 10.8. The number of carbonyl (C=O) groups excluding carboxylic acids is 1. The number of aryl methyl sites for hydroxylation is 2. The van der Waals surface area contributed by atoms with E-state index in [1.165, 1.54) is 0 Å². The highest BCUT2D eigenvalue weighted by atomic mass is 32.1. The van der Waals surface area contributed by atoms with Crippen molar-refractivity contribution < 1.29 is 9.90 Å². The fraction of sp³-hybridized carbons (Fsp3) is 0.429. The Kier molecular flexibility index (Phi) is 4.92. The summed E-state index contributed by atoms with van der Waals surface area (Å²) >= 11 is 1.60. The molecule has 1 amide bonds. The lowest BCUT2D eigenvalue weighted by molar-refractivity contribution is 0.0944. The van der Waals surface area contributed by atoms with E-state index >= 15 is 0 Å². The average molecular weight is 293 g/mol. The standard InChI is InChI=1S/C14H19N3O2S/c1-10-16-12(9-20-10)11-7-13(17(2)8-11)14(19)15-5-3-4-6-18/h7-9,18H,3-6H2,1-2H3,(H,15,19). The van der Waals surface area contributed by atoms with E-state index in [-0.39, 0.29) is 12.5 Å². The Morgan fingerprint density at radius 3 is 2.95 bits per heavy atom. The van der Waals surface area contributed by atoms with Crippen LogP contribution in [0.2, 0.25) is 0 Å². The van der Waals surface area contributed by atoms with Crippen molar-refractivity contribution in [3.05, 3.63) is 28.3 Å². The predicted octanol–water partition coefficient (Wildman–Crippen LogP) is 1.96. The molecule has 0 radical (unpaired) electrons. The first-order chi connectivity index (χ1) is 9.61. The molecular weight excluding hydrogens is 274 g/mol. The van der Waals surface area contributed by atoms with E-state index in [4.69, 9.17) is 5.11 Å². The monoisotopic (exact) mass is 293 g/mol. The topological polar surface area (TPSA) is 67.2 Å². The zero-order valence-corrected chi connectivity index (χ0v) is 12.5. The van der Waals surface area contributed by atoms with Crippen molar-refractivity contribution in [2.45, 2.75) is 19.8 Å². The van der Waals surface area contributed by atoms with Crippen LogP contribution in [0.1, 0.15) is 28.3 Å². The number of nitrogens with one attached hydrogen (secondary N) is 1. The van der Waals surface area contributed by atoms with Crippen LogP contribution in [-0.4, -0.2) is 33.7 Å². The van der Waals surface area contributed by atoms with Crippen LogP contribution in [0.4, 0.5) is 0 Å². The Morgan fingerprint density at radius 2 is 2.30 bits per heavy atom. The number of hydrogen-bond donors (Lipinski definition) is 2. The average Bonchev–Trinajstić information content (AvgIpc) is 3.00. The molecule has 0 atom stereocenters. The number of thiazole rings is 1. The van der Waals surface area contributed by atoms with Crippen molar-refractivity contribution in [2.75, 3.05) is 13.2 Å². The molecule has 108 valence electrons. The van der Waals surface area contributed by atoms with Crippen molar-refractivity contribution in [1.82, 2.24) is 14.9 Å². The van der Waals surface area contributed by atoms with Crippen LogP contribution in [0, 0.1) is 6.92 Å². The van der Waals surface area contributed by atoms with Gasteiger partial charge in [-0.05, 0) is 25.8 Å². The third-order valence-corrected chi connectivity index (χ3v) is 3.80. The van der Waals surface area contributed by atoms with Crippen LogP contribution in [0.5, 0.6) is 0 Å². The van der Waals surface area contributed by atoms with Gasteiger partial charge in [0.1, 0.15) is 5.69 Å². The van der Waals surface area contributed by atoms with Crippen LogP contribution in [0.3, 0.4) is 0 Å². The van der Waals surface area contributed by atoms with E-state index in [1.807, 2.05) is 36.2 Å². The maximum atomic E-state index is 12.1.